The van der Waals surface area contributed by atoms with Gasteiger partial charge in [0.2, 0.25) is 0 Å². The van der Waals surface area contributed by atoms with Crippen LogP contribution in [0.1, 0.15) is 27.2 Å². The van der Waals surface area contributed by atoms with Gasteiger partial charge in [0.25, 0.3) is 0 Å². The molecule has 0 fully saturated rings. The second-order valence-electron chi connectivity index (χ2n) is 4.36. The standard InChI is InChI=1S/C10H15NO4/c1-10(2,3)15-9(14)11-6-4-5-7(11)8(12)13/h4,6-7H,5H2,1-3H3,(H,12,13). The molecule has 0 radical (unpaired) electrons. The molecule has 1 heterocycles. The van der Waals surface area contributed by atoms with Crippen LogP contribution in [0.15, 0.2) is 12.3 Å². The van der Waals surface area contributed by atoms with Gasteiger partial charge < -0.3 is 9.84 Å². The molecule has 0 aromatic carbocycles. The zero-order valence-electron chi connectivity index (χ0n) is 9.06. The highest BCUT2D eigenvalue weighted by molar-refractivity contribution is 5.82. The average Bonchev–Trinajstić information content (AvgIpc) is 2.47. The third kappa shape index (κ3) is 2.97. The quantitative estimate of drug-likeness (QED) is 0.718. The molecule has 1 aliphatic heterocycles. The summed E-state index contributed by atoms with van der Waals surface area (Å²) >= 11 is 0. The van der Waals surface area contributed by atoms with Gasteiger partial charge in [0, 0.05) is 6.20 Å². The molecule has 84 valence electrons. The lowest BCUT2D eigenvalue weighted by atomic mass is 10.2. The summed E-state index contributed by atoms with van der Waals surface area (Å²) in [5, 5.41) is 8.84. The third-order valence-corrected chi connectivity index (χ3v) is 1.85. The second kappa shape index (κ2) is 3.92. The van der Waals surface area contributed by atoms with Crippen LogP contribution in [-0.2, 0) is 9.53 Å². The predicted octanol–water partition coefficient (Wildman–Crippen LogP) is 1.59. The number of nitrogens with zero attached hydrogens (tertiary/aromatic N) is 1. The largest absolute Gasteiger partial charge is 0.480 e. The minimum absolute atomic E-state index is 0.328. The van der Waals surface area contributed by atoms with Gasteiger partial charge in [-0.2, -0.15) is 0 Å². The molecule has 5 nitrogen and oxygen atoms in total. The van der Waals surface area contributed by atoms with E-state index in [0.29, 0.717) is 6.42 Å². The van der Waals surface area contributed by atoms with Crippen molar-refractivity contribution in [2.45, 2.75) is 38.8 Å². The Morgan fingerprint density at radius 3 is 2.53 bits per heavy atom. The van der Waals surface area contributed by atoms with Crippen LogP contribution >= 0.6 is 0 Å². The first-order valence-corrected chi connectivity index (χ1v) is 4.72. The topological polar surface area (TPSA) is 66.8 Å². The Kier molecular flexibility index (Phi) is 3.02. The number of rotatable bonds is 1. The van der Waals surface area contributed by atoms with Crippen molar-refractivity contribution in [2.75, 3.05) is 0 Å². The molecule has 15 heavy (non-hydrogen) atoms. The van der Waals surface area contributed by atoms with E-state index in [1.807, 2.05) is 0 Å². The predicted molar refractivity (Wildman–Crippen MR) is 53.3 cm³/mol. The molecular weight excluding hydrogens is 198 g/mol. The highest BCUT2D eigenvalue weighted by Crippen LogP contribution is 2.18. The molecular formula is C10H15NO4. The first-order valence-electron chi connectivity index (χ1n) is 4.72. The summed E-state index contributed by atoms with van der Waals surface area (Å²) in [6, 6.07) is -0.833. The van der Waals surface area contributed by atoms with E-state index in [0.717, 1.165) is 4.90 Å². The maximum Gasteiger partial charge on any atom is 0.415 e. The Labute approximate surface area is 88.3 Å². The molecule has 1 N–H and O–H groups in total. The summed E-state index contributed by atoms with van der Waals surface area (Å²) in [5.74, 6) is -1.02. The van der Waals surface area contributed by atoms with Crippen LogP contribution in [0.2, 0.25) is 0 Å². The zero-order valence-corrected chi connectivity index (χ0v) is 9.06. The normalized spacial score (nSPS) is 20.5. The Morgan fingerprint density at radius 1 is 1.47 bits per heavy atom. The number of carboxylic acids is 1. The molecule has 1 unspecified atom stereocenters. The van der Waals surface area contributed by atoms with Gasteiger partial charge in [-0.1, -0.05) is 6.08 Å². The zero-order chi connectivity index (χ0) is 11.6. The molecule has 0 saturated carbocycles. The van der Waals surface area contributed by atoms with Crippen molar-refractivity contribution in [3.8, 4) is 0 Å². The van der Waals surface area contributed by atoms with Crippen LogP contribution in [0, 0.1) is 0 Å². The summed E-state index contributed by atoms with van der Waals surface area (Å²) in [6.07, 6.45) is 2.80. The Morgan fingerprint density at radius 2 is 2.07 bits per heavy atom. The third-order valence-electron chi connectivity index (χ3n) is 1.85. The fourth-order valence-corrected chi connectivity index (χ4v) is 1.24. The molecule has 5 heteroatoms. The number of hydrogen-bond donors (Lipinski definition) is 1. The van der Waals surface area contributed by atoms with Crippen molar-refractivity contribution in [3.05, 3.63) is 12.3 Å². The number of carbonyl (C=O) groups excluding carboxylic acids is 1. The van der Waals surface area contributed by atoms with Crippen LogP contribution in [0.5, 0.6) is 0 Å². The monoisotopic (exact) mass is 213 g/mol. The number of ether oxygens (including phenoxy) is 1. The number of carbonyl (C=O) groups is 2. The number of amides is 1. The van der Waals surface area contributed by atoms with Crippen LogP contribution in [0.3, 0.4) is 0 Å². The Balaban J connectivity index is 2.67. The number of carboxylic acid groups (broad SMARTS) is 1. The van der Waals surface area contributed by atoms with Gasteiger partial charge >= 0.3 is 12.1 Å². The van der Waals surface area contributed by atoms with Crippen molar-refractivity contribution in [2.24, 2.45) is 0 Å². The first kappa shape index (κ1) is 11.6. The SMILES string of the molecule is CC(C)(C)OC(=O)N1C=CCC1C(=O)O. The molecule has 0 saturated heterocycles. The lowest BCUT2D eigenvalue weighted by Crippen LogP contribution is -2.41. The van der Waals surface area contributed by atoms with Crippen molar-refractivity contribution < 1.29 is 19.4 Å². The van der Waals surface area contributed by atoms with Gasteiger partial charge in [-0.3, -0.25) is 4.90 Å². The molecule has 1 amide bonds. The van der Waals surface area contributed by atoms with E-state index in [-0.39, 0.29) is 0 Å². The highest BCUT2D eigenvalue weighted by Gasteiger charge is 2.33. The van der Waals surface area contributed by atoms with Gasteiger partial charge in [0.05, 0.1) is 0 Å². The fourth-order valence-electron chi connectivity index (χ4n) is 1.24. The smallest absolute Gasteiger partial charge is 0.415 e. The van der Waals surface area contributed by atoms with E-state index in [9.17, 15) is 9.59 Å². The van der Waals surface area contributed by atoms with Crippen LogP contribution < -0.4 is 0 Å². The minimum atomic E-state index is -1.02. The summed E-state index contributed by atoms with van der Waals surface area (Å²) in [6.45, 7) is 5.21. The van der Waals surface area contributed by atoms with E-state index in [1.54, 1.807) is 26.8 Å². The highest BCUT2D eigenvalue weighted by atomic mass is 16.6. The Hall–Kier alpha value is -1.52. The summed E-state index contributed by atoms with van der Waals surface area (Å²) in [7, 11) is 0. The molecule has 1 aliphatic rings. The van der Waals surface area contributed by atoms with Crippen LogP contribution in [0.4, 0.5) is 4.79 Å². The minimum Gasteiger partial charge on any atom is -0.480 e. The van der Waals surface area contributed by atoms with Crippen LogP contribution in [0.25, 0.3) is 0 Å². The maximum absolute atomic E-state index is 11.6. The van der Waals surface area contributed by atoms with Crippen molar-refractivity contribution in [1.82, 2.24) is 4.90 Å². The second-order valence-corrected chi connectivity index (χ2v) is 4.36. The van der Waals surface area contributed by atoms with Gasteiger partial charge in [0.15, 0.2) is 0 Å². The number of hydrogen-bond acceptors (Lipinski definition) is 3. The van der Waals surface area contributed by atoms with Gasteiger partial charge in [-0.25, -0.2) is 9.59 Å². The Bertz CT molecular complexity index is 303. The van der Waals surface area contributed by atoms with E-state index in [2.05, 4.69) is 0 Å². The molecule has 0 aromatic rings. The van der Waals surface area contributed by atoms with Gasteiger partial charge in [-0.05, 0) is 27.2 Å². The van der Waals surface area contributed by atoms with Crippen molar-refractivity contribution in [1.29, 1.82) is 0 Å². The summed E-state index contributed by atoms with van der Waals surface area (Å²) in [4.78, 5) is 23.5. The van der Waals surface area contributed by atoms with E-state index < -0.39 is 23.7 Å². The van der Waals surface area contributed by atoms with Gasteiger partial charge in [0.1, 0.15) is 11.6 Å². The van der Waals surface area contributed by atoms with E-state index in [4.69, 9.17) is 9.84 Å². The lowest BCUT2D eigenvalue weighted by Gasteiger charge is -2.25. The van der Waals surface area contributed by atoms with Gasteiger partial charge in [-0.15, -0.1) is 0 Å². The van der Waals surface area contributed by atoms with Crippen molar-refractivity contribution in [3.63, 3.8) is 0 Å². The molecule has 0 aromatic heterocycles. The van der Waals surface area contributed by atoms with Crippen molar-refractivity contribution >= 4 is 12.1 Å². The van der Waals surface area contributed by atoms with Crippen LogP contribution in [-0.4, -0.2) is 33.7 Å². The lowest BCUT2D eigenvalue weighted by molar-refractivity contribution is -0.141. The molecule has 1 atom stereocenters. The average molecular weight is 213 g/mol. The molecule has 0 spiro atoms. The maximum atomic E-state index is 11.6. The fraction of sp³-hybridized carbons (Fsp3) is 0.600. The molecule has 0 bridgehead atoms. The number of aliphatic carboxylic acids is 1. The first-order chi connectivity index (χ1) is 6.81. The summed E-state index contributed by atoms with van der Waals surface area (Å²) < 4.78 is 5.07. The van der Waals surface area contributed by atoms with E-state index >= 15 is 0 Å². The summed E-state index contributed by atoms with van der Waals surface area (Å²) in [5.41, 5.74) is -0.615. The molecule has 1 rings (SSSR count). The van der Waals surface area contributed by atoms with E-state index in [1.165, 1.54) is 6.20 Å². The molecule has 0 aliphatic carbocycles.